The highest BCUT2D eigenvalue weighted by Crippen LogP contribution is 2.26. The van der Waals surface area contributed by atoms with Gasteiger partial charge >= 0.3 is 0 Å². The zero-order chi connectivity index (χ0) is 15.4. The third-order valence-electron chi connectivity index (χ3n) is 3.23. The lowest BCUT2D eigenvalue weighted by atomic mass is 10.3. The topological polar surface area (TPSA) is 46.9 Å². The Morgan fingerprint density at radius 1 is 1.52 bits per heavy atom. The van der Waals surface area contributed by atoms with Crippen LogP contribution >= 0.6 is 34.2 Å². The van der Waals surface area contributed by atoms with Gasteiger partial charge in [0.2, 0.25) is 5.91 Å². The van der Waals surface area contributed by atoms with E-state index < -0.39 is 0 Å². The zero-order valence-electron chi connectivity index (χ0n) is 12.2. The maximum Gasteiger partial charge on any atom is 0.221 e. The first-order chi connectivity index (χ1) is 10.0. The number of fused-ring (bicyclic) bond motifs is 1. The van der Waals surface area contributed by atoms with Gasteiger partial charge in [0, 0.05) is 23.1 Å². The monoisotopic (exact) mass is 419 g/mol. The average molecular weight is 420 g/mol. The fourth-order valence-electron chi connectivity index (χ4n) is 2.23. The van der Waals surface area contributed by atoms with Crippen molar-refractivity contribution < 1.29 is 4.79 Å². The van der Waals surface area contributed by atoms with E-state index in [1.54, 1.807) is 0 Å². The van der Waals surface area contributed by atoms with Gasteiger partial charge in [-0.25, -0.2) is 4.98 Å². The minimum Gasteiger partial charge on any atom is -0.356 e. The summed E-state index contributed by atoms with van der Waals surface area (Å²) in [7, 11) is 0. The van der Waals surface area contributed by atoms with E-state index >= 15 is 0 Å². The van der Waals surface area contributed by atoms with Gasteiger partial charge < -0.3 is 9.88 Å². The summed E-state index contributed by atoms with van der Waals surface area (Å²) in [6, 6.07) is 6.12. The lowest BCUT2D eigenvalue weighted by Crippen LogP contribution is -2.25. The van der Waals surface area contributed by atoms with Gasteiger partial charge in [0.1, 0.15) is 5.82 Å². The number of halogens is 2. The molecule has 1 aromatic heterocycles. The molecule has 0 saturated carbocycles. The highest BCUT2D eigenvalue weighted by atomic mass is 127. The van der Waals surface area contributed by atoms with Crippen LogP contribution in [-0.2, 0) is 11.3 Å². The number of rotatable bonds is 6. The van der Waals surface area contributed by atoms with Crippen molar-refractivity contribution in [2.75, 3.05) is 6.54 Å². The van der Waals surface area contributed by atoms with Crippen molar-refractivity contribution in [1.29, 1.82) is 0 Å². The summed E-state index contributed by atoms with van der Waals surface area (Å²) in [5.74, 6) is 0.884. The fourth-order valence-corrected chi connectivity index (χ4v) is 2.87. The summed E-state index contributed by atoms with van der Waals surface area (Å²) in [4.78, 5) is 16.4. The highest BCUT2D eigenvalue weighted by molar-refractivity contribution is 14.1. The molecule has 1 amide bonds. The molecule has 114 valence electrons. The van der Waals surface area contributed by atoms with Crippen LogP contribution in [0.3, 0.4) is 0 Å². The second kappa shape index (κ2) is 7.45. The van der Waals surface area contributed by atoms with Gasteiger partial charge in [-0.2, -0.15) is 0 Å². The Kier molecular flexibility index (Phi) is 5.87. The number of nitrogens with zero attached hydrogens (tertiary/aromatic N) is 2. The molecule has 0 spiro atoms. The maximum absolute atomic E-state index is 11.8. The number of aromatic nitrogens is 2. The average Bonchev–Trinajstić information content (AvgIpc) is 2.80. The molecule has 0 aliphatic rings. The third kappa shape index (κ3) is 4.10. The molecule has 0 bridgehead atoms. The van der Waals surface area contributed by atoms with Crippen LogP contribution in [-0.4, -0.2) is 22.0 Å². The minimum atomic E-state index is -0.186. The largest absolute Gasteiger partial charge is 0.356 e. The molecule has 6 heteroatoms. The van der Waals surface area contributed by atoms with Gasteiger partial charge in [0.15, 0.2) is 0 Å². The molecule has 2 aromatic rings. The normalized spacial score (nSPS) is 12.6. The molecule has 0 aliphatic carbocycles. The van der Waals surface area contributed by atoms with Gasteiger partial charge in [-0.05, 0) is 54.1 Å². The van der Waals surface area contributed by atoms with Crippen LogP contribution < -0.4 is 5.32 Å². The Morgan fingerprint density at radius 2 is 2.29 bits per heavy atom. The summed E-state index contributed by atoms with van der Waals surface area (Å²) < 4.78 is 3.19. The molecule has 0 saturated heterocycles. The lowest BCUT2D eigenvalue weighted by Gasteiger charge is -2.10. The van der Waals surface area contributed by atoms with Gasteiger partial charge in [0.05, 0.1) is 16.4 Å². The van der Waals surface area contributed by atoms with Gasteiger partial charge in [0.25, 0.3) is 0 Å². The molecule has 0 radical (unpaired) electrons. The Balaban J connectivity index is 2.24. The zero-order valence-corrected chi connectivity index (χ0v) is 15.1. The summed E-state index contributed by atoms with van der Waals surface area (Å²) in [5.41, 5.74) is 1.96. The van der Waals surface area contributed by atoms with Crippen LogP contribution in [0.25, 0.3) is 11.0 Å². The van der Waals surface area contributed by atoms with E-state index in [4.69, 9.17) is 11.6 Å². The van der Waals surface area contributed by atoms with E-state index in [0.717, 1.165) is 33.4 Å². The molecule has 1 unspecified atom stereocenters. The maximum atomic E-state index is 11.8. The van der Waals surface area contributed by atoms with E-state index in [9.17, 15) is 4.79 Å². The predicted molar refractivity (Wildman–Crippen MR) is 94.6 cm³/mol. The first-order valence-electron chi connectivity index (χ1n) is 7.09. The van der Waals surface area contributed by atoms with Crippen molar-refractivity contribution in [2.24, 2.45) is 0 Å². The molecular formula is C15H19ClIN3O. The van der Waals surface area contributed by atoms with Crippen LogP contribution in [0.5, 0.6) is 0 Å². The second-order valence-corrected chi connectivity index (χ2v) is 6.87. The number of hydrogen-bond acceptors (Lipinski definition) is 2. The van der Waals surface area contributed by atoms with E-state index in [0.29, 0.717) is 13.0 Å². The molecule has 2 rings (SSSR count). The molecule has 4 nitrogen and oxygen atoms in total. The minimum absolute atomic E-state index is 0.0670. The number of carbonyl (C=O) groups excluding carboxylic acids is 1. The van der Waals surface area contributed by atoms with Crippen molar-refractivity contribution >= 4 is 51.1 Å². The van der Waals surface area contributed by atoms with Crippen molar-refractivity contribution in [1.82, 2.24) is 14.9 Å². The molecule has 1 heterocycles. The van der Waals surface area contributed by atoms with Gasteiger partial charge in [-0.1, -0.05) is 6.92 Å². The number of imidazole rings is 1. The van der Waals surface area contributed by atoms with Crippen LogP contribution in [0.1, 0.15) is 37.9 Å². The Morgan fingerprint density at radius 3 is 2.95 bits per heavy atom. The van der Waals surface area contributed by atoms with Crippen LogP contribution in [0, 0.1) is 3.57 Å². The smallest absolute Gasteiger partial charge is 0.221 e. The van der Waals surface area contributed by atoms with Crippen LogP contribution in [0.15, 0.2) is 18.2 Å². The van der Waals surface area contributed by atoms with Crippen LogP contribution in [0.2, 0.25) is 0 Å². The van der Waals surface area contributed by atoms with Crippen LogP contribution in [0.4, 0.5) is 0 Å². The Bertz CT molecular complexity index is 639. The molecule has 1 aromatic carbocycles. The second-order valence-electron chi connectivity index (χ2n) is 4.97. The van der Waals surface area contributed by atoms with E-state index in [1.165, 1.54) is 0 Å². The SMILES string of the molecule is CCCNC(=O)CCn1c(C(C)Cl)nc2cc(I)ccc21. The quantitative estimate of drug-likeness (QED) is 0.571. The van der Waals surface area contributed by atoms with Gasteiger partial charge in [-0.3, -0.25) is 4.79 Å². The molecule has 0 aliphatic heterocycles. The van der Waals surface area contributed by atoms with Crippen molar-refractivity contribution in [3.8, 4) is 0 Å². The molecular weight excluding hydrogens is 401 g/mol. The summed E-state index contributed by atoms with van der Waals surface area (Å²) >= 11 is 8.50. The predicted octanol–water partition coefficient (Wildman–Crippen LogP) is 3.86. The molecule has 0 fully saturated rings. The van der Waals surface area contributed by atoms with Crippen molar-refractivity contribution in [3.63, 3.8) is 0 Å². The number of alkyl halides is 1. The first-order valence-corrected chi connectivity index (χ1v) is 8.61. The summed E-state index contributed by atoms with van der Waals surface area (Å²) in [5, 5.41) is 2.71. The Hall–Kier alpha value is -0.820. The number of nitrogens with one attached hydrogen (secondary N) is 1. The van der Waals surface area contributed by atoms with E-state index in [1.807, 2.05) is 32.0 Å². The number of carbonyl (C=O) groups is 1. The lowest BCUT2D eigenvalue weighted by molar-refractivity contribution is -0.121. The van der Waals surface area contributed by atoms with Crippen molar-refractivity contribution in [2.45, 2.75) is 38.6 Å². The van der Waals surface area contributed by atoms with E-state index in [2.05, 4.69) is 37.5 Å². The Labute approximate surface area is 143 Å². The number of amides is 1. The third-order valence-corrected chi connectivity index (χ3v) is 4.10. The summed E-state index contributed by atoms with van der Waals surface area (Å²) in [6.45, 7) is 5.26. The van der Waals surface area contributed by atoms with E-state index in [-0.39, 0.29) is 11.3 Å². The summed E-state index contributed by atoms with van der Waals surface area (Å²) in [6.07, 6.45) is 1.39. The molecule has 21 heavy (non-hydrogen) atoms. The highest BCUT2D eigenvalue weighted by Gasteiger charge is 2.15. The number of aryl methyl sites for hydroxylation is 1. The molecule has 1 atom stereocenters. The first kappa shape index (κ1) is 16.5. The van der Waals surface area contributed by atoms with Gasteiger partial charge in [-0.15, -0.1) is 11.6 Å². The fraction of sp³-hybridized carbons (Fsp3) is 0.467. The number of hydrogen-bond donors (Lipinski definition) is 1. The standard InChI is InChI=1S/C15H19ClIN3O/c1-3-7-18-14(21)6-8-20-13-5-4-11(17)9-12(13)19-15(20)10(2)16/h4-5,9-10H,3,6-8H2,1-2H3,(H,18,21). The van der Waals surface area contributed by atoms with Crippen molar-refractivity contribution in [3.05, 3.63) is 27.6 Å². The molecule has 1 N–H and O–H groups in total. The number of benzene rings is 1.